The van der Waals surface area contributed by atoms with Crippen LogP contribution in [-0.4, -0.2) is 46.8 Å². The van der Waals surface area contributed by atoms with Crippen LogP contribution in [0.15, 0.2) is 0 Å². The smallest absolute Gasteiger partial charge is 0.456 e. The van der Waals surface area contributed by atoms with Crippen molar-refractivity contribution in [3.8, 4) is 0 Å². The van der Waals surface area contributed by atoms with E-state index in [9.17, 15) is 0 Å². The second-order valence-corrected chi connectivity index (χ2v) is 19.3. The summed E-state index contributed by atoms with van der Waals surface area (Å²) in [5.41, 5.74) is 0. The van der Waals surface area contributed by atoms with Crippen LogP contribution in [0.2, 0.25) is 44.3 Å². The molecule has 4 nitrogen and oxygen atoms in total. The van der Waals surface area contributed by atoms with Crippen molar-refractivity contribution in [3.05, 3.63) is 0 Å². The summed E-state index contributed by atoms with van der Waals surface area (Å²) in [6.45, 7) is 13.9. The number of hydrogen-bond acceptors (Lipinski definition) is 4. The minimum absolute atomic E-state index is 0.751. The molecule has 0 aromatic carbocycles. The second-order valence-electron chi connectivity index (χ2n) is 7.35. The lowest BCUT2D eigenvalue weighted by Gasteiger charge is -2.36. The maximum absolute atomic E-state index is 6.64. The van der Waals surface area contributed by atoms with Crippen molar-refractivity contribution in [1.29, 1.82) is 0 Å². The van der Waals surface area contributed by atoms with E-state index in [0.29, 0.717) is 0 Å². The molecule has 7 heteroatoms. The molecule has 0 saturated carbocycles. The summed E-state index contributed by atoms with van der Waals surface area (Å²) < 4.78 is 23.2. The van der Waals surface area contributed by atoms with Crippen LogP contribution in [0.3, 0.4) is 0 Å². The summed E-state index contributed by atoms with van der Waals surface area (Å²) >= 11 is 0. The van der Waals surface area contributed by atoms with Crippen LogP contribution in [-0.2, 0) is 17.4 Å². The van der Waals surface area contributed by atoms with Gasteiger partial charge in [-0.2, -0.15) is 0 Å². The molecule has 0 aromatic heterocycles. The molecule has 0 aliphatic heterocycles. The normalized spacial score (nSPS) is 14.0. The first-order valence-electron chi connectivity index (χ1n) is 7.87. The third kappa shape index (κ3) is 8.63. The molecule has 0 aromatic rings. The van der Waals surface area contributed by atoms with Crippen LogP contribution >= 0.6 is 0 Å². The zero-order chi connectivity index (χ0) is 16.7. The lowest BCUT2D eigenvalue weighted by Crippen LogP contribution is -2.48. The number of rotatable bonds is 11. The Kier molecular flexibility index (Phi) is 9.16. The fraction of sp³-hybridized carbons (Fsp3) is 1.00. The molecule has 0 aliphatic carbocycles. The molecule has 21 heavy (non-hydrogen) atoms. The van der Waals surface area contributed by atoms with Crippen LogP contribution in [0.25, 0.3) is 0 Å². The van der Waals surface area contributed by atoms with E-state index in [1.807, 2.05) is 0 Å². The maximum Gasteiger partial charge on any atom is 0.499 e. The first-order chi connectivity index (χ1) is 9.51. The third-order valence-electron chi connectivity index (χ3n) is 3.84. The predicted molar refractivity (Wildman–Crippen MR) is 96.7 cm³/mol. The van der Waals surface area contributed by atoms with Crippen molar-refractivity contribution in [3.63, 3.8) is 0 Å². The molecular weight excluding hydrogens is 316 g/mol. The standard InChI is InChI=1S/C14H36O4Si3/c1-14(2)10-11-19(6,7)18-20(8,9)12-13-21(15-3,16-4)17-5/h14H,10-13H2,1-9H3. The van der Waals surface area contributed by atoms with E-state index in [-0.39, 0.29) is 0 Å². The van der Waals surface area contributed by atoms with Gasteiger partial charge in [0.05, 0.1) is 0 Å². The molecule has 0 aliphatic rings. The van der Waals surface area contributed by atoms with Crippen LogP contribution in [0.1, 0.15) is 20.3 Å². The summed E-state index contributed by atoms with van der Waals surface area (Å²) in [4.78, 5) is 0. The molecule has 128 valence electrons. The van der Waals surface area contributed by atoms with Gasteiger partial charge >= 0.3 is 8.80 Å². The Hall–Kier alpha value is 0.491. The highest BCUT2D eigenvalue weighted by Crippen LogP contribution is 2.28. The predicted octanol–water partition coefficient (Wildman–Crippen LogP) is 4.34. The maximum atomic E-state index is 6.64. The molecule has 0 saturated heterocycles. The topological polar surface area (TPSA) is 36.9 Å². The zero-order valence-corrected chi connectivity index (χ0v) is 18.5. The van der Waals surface area contributed by atoms with Gasteiger partial charge in [0.25, 0.3) is 0 Å². The van der Waals surface area contributed by atoms with Gasteiger partial charge in [0.2, 0.25) is 0 Å². The molecule has 0 N–H and O–H groups in total. The molecule has 0 rings (SSSR count). The Bertz CT molecular complexity index is 284. The largest absolute Gasteiger partial charge is 0.499 e. The van der Waals surface area contributed by atoms with Crippen LogP contribution in [0, 0.1) is 5.92 Å². The van der Waals surface area contributed by atoms with Crippen molar-refractivity contribution in [2.24, 2.45) is 5.92 Å². The fourth-order valence-electron chi connectivity index (χ4n) is 2.50. The second kappa shape index (κ2) is 8.95. The van der Waals surface area contributed by atoms with Gasteiger partial charge in [-0.05, 0) is 44.2 Å². The Balaban J connectivity index is 4.54. The zero-order valence-electron chi connectivity index (χ0n) is 15.5. The Morgan fingerprint density at radius 2 is 1.14 bits per heavy atom. The Labute approximate surface area is 135 Å². The Morgan fingerprint density at radius 3 is 1.52 bits per heavy atom. The molecule has 0 atom stereocenters. The number of hydrogen-bond donors (Lipinski definition) is 0. The molecular formula is C14H36O4Si3. The van der Waals surface area contributed by atoms with Crippen LogP contribution in [0.4, 0.5) is 0 Å². The highest BCUT2D eigenvalue weighted by Gasteiger charge is 2.41. The summed E-state index contributed by atoms with van der Waals surface area (Å²) in [7, 11) is -0.726. The highest BCUT2D eigenvalue weighted by atomic mass is 28.4. The van der Waals surface area contributed by atoms with E-state index in [4.69, 9.17) is 17.4 Å². The van der Waals surface area contributed by atoms with E-state index in [0.717, 1.165) is 18.0 Å². The first-order valence-corrected chi connectivity index (χ1v) is 16.0. The van der Waals surface area contributed by atoms with E-state index < -0.39 is 25.4 Å². The lowest BCUT2D eigenvalue weighted by molar-refractivity contribution is 0.125. The van der Waals surface area contributed by atoms with Crippen LogP contribution in [0.5, 0.6) is 0 Å². The molecule has 0 spiro atoms. The van der Waals surface area contributed by atoms with Crippen LogP contribution < -0.4 is 0 Å². The average molecular weight is 353 g/mol. The average Bonchev–Trinajstić information content (AvgIpc) is 2.38. The summed E-state index contributed by atoms with van der Waals surface area (Å²) in [5, 5.41) is 0. The minimum atomic E-state index is -2.47. The fourth-order valence-corrected chi connectivity index (χ4v) is 15.3. The Morgan fingerprint density at radius 1 is 0.714 bits per heavy atom. The van der Waals surface area contributed by atoms with Gasteiger partial charge in [0.1, 0.15) is 0 Å². The highest BCUT2D eigenvalue weighted by molar-refractivity contribution is 6.85. The quantitative estimate of drug-likeness (QED) is 0.518. The van der Waals surface area contributed by atoms with Gasteiger partial charge in [-0.25, -0.2) is 0 Å². The first kappa shape index (κ1) is 21.5. The molecule has 0 fully saturated rings. The van der Waals surface area contributed by atoms with E-state index in [2.05, 4.69) is 40.0 Å². The molecule has 0 bridgehead atoms. The summed E-state index contributed by atoms with van der Waals surface area (Å²) in [6.07, 6.45) is 1.26. The molecule has 0 radical (unpaired) electrons. The van der Waals surface area contributed by atoms with Gasteiger partial charge in [0, 0.05) is 27.4 Å². The van der Waals surface area contributed by atoms with Gasteiger partial charge in [-0.3, -0.25) is 0 Å². The van der Waals surface area contributed by atoms with Crippen molar-refractivity contribution < 1.29 is 17.4 Å². The summed E-state index contributed by atoms with van der Waals surface area (Å²) in [6, 6.07) is 3.10. The van der Waals surface area contributed by atoms with Gasteiger partial charge < -0.3 is 17.4 Å². The molecule has 0 amide bonds. The lowest BCUT2D eigenvalue weighted by atomic mass is 10.2. The van der Waals surface area contributed by atoms with Gasteiger partial charge in [-0.15, -0.1) is 0 Å². The van der Waals surface area contributed by atoms with Crippen molar-refractivity contribution in [2.45, 2.75) is 64.6 Å². The van der Waals surface area contributed by atoms with E-state index >= 15 is 0 Å². The van der Waals surface area contributed by atoms with Crippen molar-refractivity contribution in [1.82, 2.24) is 0 Å². The van der Waals surface area contributed by atoms with E-state index in [1.165, 1.54) is 12.5 Å². The molecule has 0 unspecified atom stereocenters. The monoisotopic (exact) mass is 352 g/mol. The third-order valence-corrected chi connectivity index (χ3v) is 14.4. The van der Waals surface area contributed by atoms with Crippen molar-refractivity contribution >= 4 is 25.4 Å². The molecule has 0 heterocycles. The van der Waals surface area contributed by atoms with Gasteiger partial charge in [0.15, 0.2) is 16.6 Å². The SMILES string of the molecule is CO[Si](CC[Si](C)(C)O[Si](C)(C)CCC(C)C)(OC)OC. The van der Waals surface area contributed by atoms with E-state index in [1.54, 1.807) is 21.3 Å². The minimum Gasteiger partial charge on any atom is -0.456 e. The van der Waals surface area contributed by atoms with Gasteiger partial charge in [-0.1, -0.05) is 20.3 Å². The van der Waals surface area contributed by atoms with Crippen molar-refractivity contribution in [2.75, 3.05) is 21.3 Å². The summed E-state index contributed by atoms with van der Waals surface area (Å²) in [5.74, 6) is 0.751.